The van der Waals surface area contributed by atoms with E-state index >= 15 is 0 Å². The summed E-state index contributed by atoms with van der Waals surface area (Å²) in [5.41, 5.74) is -1.00. The first-order valence-corrected chi connectivity index (χ1v) is 8.08. The van der Waals surface area contributed by atoms with Crippen LogP contribution in [-0.2, 0) is 14.4 Å². The highest BCUT2D eigenvalue weighted by Crippen LogP contribution is 2.47. The Morgan fingerprint density at radius 3 is 2.32 bits per heavy atom. The van der Waals surface area contributed by atoms with Crippen LogP contribution in [0.4, 0.5) is 0 Å². The van der Waals surface area contributed by atoms with Gasteiger partial charge in [-0.3, -0.25) is 9.59 Å². The van der Waals surface area contributed by atoms with E-state index in [-0.39, 0.29) is 24.5 Å². The molecular formula is C19H27NO5. The minimum absolute atomic E-state index is 0.0617. The second kappa shape index (κ2) is 7.35. The molecule has 0 heterocycles. The maximum atomic E-state index is 12.5. The van der Waals surface area contributed by atoms with Crippen molar-refractivity contribution in [2.24, 2.45) is 5.41 Å². The van der Waals surface area contributed by atoms with Gasteiger partial charge < -0.3 is 15.1 Å². The van der Waals surface area contributed by atoms with Gasteiger partial charge in [-0.15, -0.1) is 0 Å². The monoisotopic (exact) mass is 349 g/mol. The number of carbonyl (C=O) groups is 3. The molecule has 25 heavy (non-hydrogen) atoms. The molecule has 0 saturated heterocycles. The number of rotatable bonds is 5. The maximum absolute atomic E-state index is 12.5. The molecule has 1 aliphatic rings. The summed E-state index contributed by atoms with van der Waals surface area (Å²) < 4.78 is 0. The number of Topliss-reactive ketones (excluding diaryl/α,β-unsaturated/α-hetero) is 1. The molecule has 2 N–H and O–H groups in total. The molecule has 0 unspecified atom stereocenters. The summed E-state index contributed by atoms with van der Waals surface area (Å²) in [4.78, 5) is 36.7. The van der Waals surface area contributed by atoms with Gasteiger partial charge >= 0.3 is 5.97 Å². The fraction of sp³-hybridized carbons (Fsp3) is 0.526. The van der Waals surface area contributed by atoms with E-state index in [2.05, 4.69) is 0 Å². The SMILES string of the molecule is CC1=C(CC(=O)N(C)C)C(=O)CC(C)(C)[C@]1(O)/C=C/C(C)=C\C(=O)O. The number of ketones is 1. The van der Waals surface area contributed by atoms with Crippen LogP contribution in [0.3, 0.4) is 0 Å². The zero-order chi connectivity index (χ0) is 19.6. The first-order valence-electron chi connectivity index (χ1n) is 8.08. The van der Waals surface area contributed by atoms with Gasteiger partial charge in [0, 0.05) is 37.6 Å². The Morgan fingerprint density at radius 1 is 1.28 bits per heavy atom. The second-order valence-corrected chi connectivity index (χ2v) is 7.38. The van der Waals surface area contributed by atoms with E-state index in [1.165, 1.54) is 17.1 Å². The maximum Gasteiger partial charge on any atom is 0.328 e. The van der Waals surface area contributed by atoms with Gasteiger partial charge in [-0.05, 0) is 31.1 Å². The second-order valence-electron chi connectivity index (χ2n) is 7.38. The zero-order valence-electron chi connectivity index (χ0n) is 15.7. The summed E-state index contributed by atoms with van der Waals surface area (Å²) >= 11 is 0. The molecule has 0 saturated carbocycles. The lowest BCUT2D eigenvalue weighted by Crippen LogP contribution is -2.49. The van der Waals surface area contributed by atoms with Crippen molar-refractivity contribution in [1.29, 1.82) is 0 Å². The van der Waals surface area contributed by atoms with Gasteiger partial charge in [-0.1, -0.05) is 19.9 Å². The van der Waals surface area contributed by atoms with Crippen LogP contribution in [0.15, 0.2) is 34.9 Å². The highest BCUT2D eigenvalue weighted by Gasteiger charge is 2.49. The molecule has 1 amide bonds. The van der Waals surface area contributed by atoms with Crippen LogP contribution in [0.1, 0.15) is 40.5 Å². The minimum Gasteiger partial charge on any atom is -0.478 e. The van der Waals surface area contributed by atoms with Crippen LogP contribution in [-0.4, -0.2) is 52.5 Å². The van der Waals surface area contributed by atoms with Crippen LogP contribution in [0, 0.1) is 5.41 Å². The van der Waals surface area contributed by atoms with E-state index in [1.807, 2.05) is 0 Å². The lowest BCUT2D eigenvalue weighted by atomic mass is 9.62. The highest BCUT2D eigenvalue weighted by molar-refractivity contribution is 6.02. The summed E-state index contributed by atoms with van der Waals surface area (Å²) in [6.45, 7) is 6.82. The van der Waals surface area contributed by atoms with Crippen LogP contribution in [0.25, 0.3) is 0 Å². The standard InChI is InChI=1S/C19H27NO5/c1-12(9-17(23)24)7-8-19(25)13(2)14(10-16(22)20(5)6)15(21)11-18(19,3)4/h7-9,25H,10-11H2,1-6H3,(H,23,24)/b8-7+,12-9-/t19-/m0/s1. The molecule has 0 spiro atoms. The number of nitrogens with zero attached hydrogens (tertiary/aromatic N) is 1. The van der Waals surface area contributed by atoms with E-state index in [0.29, 0.717) is 16.7 Å². The van der Waals surface area contributed by atoms with Crippen LogP contribution in [0.5, 0.6) is 0 Å². The summed E-state index contributed by atoms with van der Waals surface area (Å²) in [6.07, 6.45) is 4.12. The molecule has 0 aromatic carbocycles. The Kier molecular flexibility index (Phi) is 6.13. The van der Waals surface area contributed by atoms with Gasteiger partial charge in [0.05, 0.1) is 6.42 Å². The van der Waals surface area contributed by atoms with E-state index in [0.717, 1.165) is 6.08 Å². The van der Waals surface area contributed by atoms with E-state index in [1.54, 1.807) is 41.8 Å². The number of hydrogen-bond donors (Lipinski definition) is 2. The quantitative estimate of drug-likeness (QED) is 0.585. The van der Waals surface area contributed by atoms with Gasteiger partial charge in [0.25, 0.3) is 0 Å². The largest absolute Gasteiger partial charge is 0.478 e. The summed E-state index contributed by atoms with van der Waals surface area (Å²) in [6, 6.07) is 0. The van der Waals surface area contributed by atoms with Crippen LogP contribution in [0.2, 0.25) is 0 Å². The van der Waals surface area contributed by atoms with Crippen molar-refractivity contribution in [3.05, 3.63) is 34.9 Å². The van der Waals surface area contributed by atoms with Gasteiger partial charge in [-0.2, -0.15) is 0 Å². The molecule has 0 radical (unpaired) electrons. The summed E-state index contributed by atoms with van der Waals surface area (Å²) in [7, 11) is 3.23. The number of carbonyl (C=O) groups excluding carboxylic acids is 2. The number of hydrogen-bond acceptors (Lipinski definition) is 4. The molecule has 0 aromatic heterocycles. The van der Waals surface area contributed by atoms with E-state index in [4.69, 9.17) is 5.11 Å². The molecule has 6 heteroatoms. The van der Waals surface area contributed by atoms with E-state index < -0.39 is 17.0 Å². The first-order chi connectivity index (χ1) is 11.3. The third-order valence-electron chi connectivity index (χ3n) is 4.76. The molecule has 0 bridgehead atoms. The average molecular weight is 349 g/mol. The smallest absolute Gasteiger partial charge is 0.328 e. The van der Waals surface area contributed by atoms with Gasteiger partial charge in [0.2, 0.25) is 5.91 Å². The van der Waals surface area contributed by atoms with Crippen molar-refractivity contribution >= 4 is 17.7 Å². The number of aliphatic hydroxyl groups is 1. The van der Waals surface area contributed by atoms with Crippen LogP contribution < -0.4 is 0 Å². The highest BCUT2D eigenvalue weighted by atomic mass is 16.4. The number of aliphatic carboxylic acids is 1. The third kappa shape index (κ3) is 4.45. The molecule has 0 aliphatic heterocycles. The van der Waals surface area contributed by atoms with E-state index in [9.17, 15) is 19.5 Å². The normalized spacial score (nSPS) is 24.0. The Bertz CT molecular complexity index is 682. The van der Waals surface area contributed by atoms with Crippen molar-refractivity contribution in [3.8, 4) is 0 Å². The number of amides is 1. The zero-order valence-corrected chi connectivity index (χ0v) is 15.7. The van der Waals surface area contributed by atoms with Crippen molar-refractivity contribution in [2.45, 2.75) is 46.1 Å². The minimum atomic E-state index is -1.45. The number of allylic oxidation sites excluding steroid dienone is 2. The Balaban J connectivity index is 3.39. The van der Waals surface area contributed by atoms with Gasteiger partial charge in [0.1, 0.15) is 5.60 Å². The lowest BCUT2D eigenvalue weighted by Gasteiger charge is -2.45. The van der Waals surface area contributed by atoms with Gasteiger partial charge in [-0.25, -0.2) is 4.79 Å². The molecule has 0 fully saturated rings. The fourth-order valence-electron chi connectivity index (χ4n) is 2.98. The van der Waals surface area contributed by atoms with Crippen molar-refractivity contribution < 1.29 is 24.6 Å². The Labute approximate surface area is 148 Å². The molecular weight excluding hydrogens is 322 g/mol. The van der Waals surface area contributed by atoms with Crippen molar-refractivity contribution in [3.63, 3.8) is 0 Å². The number of carboxylic acids is 1. The first kappa shape index (κ1) is 20.8. The predicted molar refractivity (Wildman–Crippen MR) is 94.9 cm³/mol. The average Bonchev–Trinajstić information content (AvgIpc) is 2.46. The molecule has 1 rings (SSSR count). The molecule has 1 aliphatic carbocycles. The fourth-order valence-corrected chi connectivity index (χ4v) is 2.98. The summed E-state index contributed by atoms with van der Waals surface area (Å²) in [5.74, 6) is -1.43. The molecule has 1 atom stereocenters. The molecule has 6 nitrogen and oxygen atoms in total. The Morgan fingerprint density at radius 2 is 1.84 bits per heavy atom. The predicted octanol–water partition coefficient (Wildman–Crippen LogP) is 2.10. The molecule has 138 valence electrons. The third-order valence-corrected chi connectivity index (χ3v) is 4.76. The Hall–Kier alpha value is -2.21. The lowest BCUT2D eigenvalue weighted by molar-refractivity contribution is -0.131. The van der Waals surface area contributed by atoms with Crippen molar-refractivity contribution in [2.75, 3.05) is 14.1 Å². The van der Waals surface area contributed by atoms with Crippen LogP contribution >= 0.6 is 0 Å². The molecule has 0 aromatic rings. The topological polar surface area (TPSA) is 94.9 Å². The van der Waals surface area contributed by atoms with Crippen molar-refractivity contribution in [1.82, 2.24) is 4.90 Å². The summed E-state index contributed by atoms with van der Waals surface area (Å²) in [5, 5.41) is 20.1. The number of carboxylic acid groups (broad SMARTS) is 1. The van der Waals surface area contributed by atoms with Gasteiger partial charge in [0.15, 0.2) is 5.78 Å².